The second-order valence-corrected chi connectivity index (χ2v) is 9.15. The number of aryl methyl sites for hydroxylation is 1. The molecule has 1 aliphatic rings. The molecular formula is C24H22ClN5OS. The number of carbonyl (C=O) groups is 1. The zero-order valence-electron chi connectivity index (χ0n) is 17.4. The Morgan fingerprint density at radius 2 is 1.78 bits per heavy atom. The van der Waals surface area contributed by atoms with Gasteiger partial charge in [0.05, 0.1) is 12.1 Å². The molecule has 0 radical (unpaired) electrons. The fraction of sp³-hybridized carbons (Fsp3) is 0.250. The number of nitrogens with zero attached hydrogens (tertiary/aromatic N) is 4. The number of hydrogen-bond donors (Lipinski definition) is 1. The molecule has 3 heterocycles. The Balaban J connectivity index is 1.23. The van der Waals surface area contributed by atoms with E-state index in [2.05, 4.69) is 25.1 Å². The lowest BCUT2D eigenvalue weighted by molar-refractivity contribution is -0.115. The normalized spacial score (nSPS) is 13.4. The summed E-state index contributed by atoms with van der Waals surface area (Å²) >= 11 is 7.47. The van der Waals surface area contributed by atoms with Crippen molar-refractivity contribution in [2.24, 2.45) is 0 Å². The zero-order chi connectivity index (χ0) is 21.9. The van der Waals surface area contributed by atoms with Crippen LogP contribution < -0.4 is 5.32 Å². The van der Waals surface area contributed by atoms with Crippen LogP contribution in [-0.4, -0.2) is 25.7 Å². The Hall–Kier alpha value is -3.03. The van der Waals surface area contributed by atoms with Crippen molar-refractivity contribution in [3.8, 4) is 22.0 Å². The van der Waals surface area contributed by atoms with Crippen molar-refractivity contribution < 1.29 is 4.79 Å². The number of hydrogen-bond acceptors (Lipinski definition) is 5. The van der Waals surface area contributed by atoms with Crippen molar-refractivity contribution in [2.75, 3.05) is 5.32 Å². The van der Waals surface area contributed by atoms with Gasteiger partial charge >= 0.3 is 0 Å². The Bertz CT molecular complexity index is 1230. The molecule has 1 aliphatic heterocycles. The van der Waals surface area contributed by atoms with Crippen LogP contribution in [0.15, 0.2) is 53.9 Å². The summed E-state index contributed by atoms with van der Waals surface area (Å²) in [6, 6.07) is 15.3. The van der Waals surface area contributed by atoms with Gasteiger partial charge in [-0.25, -0.2) is 4.98 Å². The van der Waals surface area contributed by atoms with Crippen molar-refractivity contribution in [2.45, 2.75) is 38.6 Å². The number of nitrogens with one attached hydrogen (secondary N) is 1. The number of halogens is 1. The molecule has 0 fully saturated rings. The molecule has 0 atom stereocenters. The fourth-order valence-corrected chi connectivity index (χ4v) is 4.84. The third-order valence-corrected chi connectivity index (χ3v) is 6.71. The molecule has 0 saturated heterocycles. The van der Waals surface area contributed by atoms with Gasteiger partial charge in [0, 0.05) is 40.2 Å². The van der Waals surface area contributed by atoms with Gasteiger partial charge in [0.25, 0.3) is 0 Å². The predicted octanol–water partition coefficient (Wildman–Crippen LogP) is 5.63. The topological polar surface area (TPSA) is 72.7 Å². The third kappa shape index (κ3) is 4.59. The van der Waals surface area contributed by atoms with Gasteiger partial charge in [-0.1, -0.05) is 30.2 Å². The van der Waals surface area contributed by atoms with E-state index in [9.17, 15) is 4.79 Å². The van der Waals surface area contributed by atoms with Gasteiger partial charge in [-0.2, -0.15) is 0 Å². The van der Waals surface area contributed by atoms with Crippen molar-refractivity contribution in [3.05, 3.63) is 70.5 Å². The number of thiazole rings is 1. The van der Waals surface area contributed by atoms with E-state index in [1.165, 1.54) is 24.2 Å². The molecule has 162 valence electrons. The molecule has 5 rings (SSSR count). The number of amides is 1. The van der Waals surface area contributed by atoms with E-state index >= 15 is 0 Å². The van der Waals surface area contributed by atoms with E-state index in [0.29, 0.717) is 5.02 Å². The van der Waals surface area contributed by atoms with Gasteiger partial charge in [-0.3, -0.25) is 4.79 Å². The average molecular weight is 464 g/mol. The summed E-state index contributed by atoms with van der Waals surface area (Å²) in [4.78, 5) is 17.1. The quantitative estimate of drug-likeness (QED) is 0.416. The SMILES string of the molecule is O=C(Cc1csc(-c2ccc(Cl)cc2)n1)Nc1ccc(-c2nnc3n2CCCCC3)cc1. The minimum absolute atomic E-state index is 0.0953. The monoisotopic (exact) mass is 463 g/mol. The molecule has 32 heavy (non-hydrogen) atoms. The van der Waals surface area contributed by atoms with Crippen molar-refractivity contribution in [1.82, 2.24) is 19.7 Å². The summed E-state index contributed by atoms with van der Waals surface area (Å²) in [5.41, 5.74) is 3.51. The largest absolute Gasteiger partial charge is 0.326 e. The number of rotatable bonds is 5. The maximum Gasteiger partial charge on any atom is 0.230 e. The molecule has 2 aromatic heterocycles. The first-order valence-corrected chi connectivity index (χ1v) is 11.9. The van der Waals surface area contributed by atoms with E-state index in [-0.39, 0.29) is 12.3 Å². The van der Waals surface area contributed by atoms with Gasteiger partial charge in [0.15, 0.2) is 5.82 Å². The molecule has 4 aromatic rings. The van der Waals surface area contributed by atoms with Crippen LogP contribution in [0.1, 0.15) is 30.8 Å². The molecule has 0 saturated carbocycles. The fourth-order valence-electron chi connectivity index (χ4n) is 3.88. The number of aromatic nitrogens is 4. The van der Waals surface area contributed by atoms with Crippen molar-refractivity contribution in [1.29, 1.82) is 0 Å². The van der Waals surface area contributed by atoms with Crippen molar-refractivity contribution >= 4 is 34.5 Å². The van der Waals surface area contributed by atoms with Crippen LogP contribution in [0.25, 0.3) is 22.0 Å². The number of anilines is 1. The standard InChI is InChI=1S/C24H22ClN5OS/c25-18-9-5-17(6-10-18)24-27-20(15-32-24)14-22(31)26-19-11-7-16(8-12-19)23-29-28-21-4-2-1-3-13-30(21)23/h5-12,15H,1-4,13-14H2,(H,26,31). The molecule has 0 spiro atoms. The van der Waals surface area contributed by atoms with Crippen LogP contribution in [-0.2, 0) is 24.2 Å². The second kappa shape index (κ2) is 9.22. The van der Waals surface area contributed by atoms with Crippen LogP contribution >= 0.6 is 22.9 Å². The highest BCUT2D eigenvalue weighted by Gasteiger charge is 2.16. The minimum Gasteiger partial charge on any atom is -0.326 e. The highest BCUT2D eigenvalue weighted by molar-refractivity contribution is 7.13. The summed E-state index contributed by atoms with van der Waals surface area (Å²) in [5.74, 6) is 1.87. The van der Waals surface area contributed by atoms with E-state index in [4.69, 9.17) is 11.6 Å². The van der Waals surface area contributed by atoms with E-state index in [1.807, 2.05) is 53.9 Å². The van der Waals surface area contributed by atoms with E-state index in [0.717, 1.165) is 58.6 Å². The average Bonchev–Trinajstić information content (AvgIpc) is 3.35. The van der Waals surface area contributed by atoms with Crippen LogP contribution in [0.5, 0.6) is 0 Å². The lowest BCUT2D eigenvalue weighted by atomic mass is 10.2. The molecule has 1 amide bonds. The first-order chi connectivity index (χ1) is 15.7. The number of carbonyl (C=O) groups excluding carboxylic acids is 1. The van der Waals surface area contributed by atoms with E-state index in [1.54, 1.807) is 0 Å². The maximum atomic E-state index is 12.5. The Morgan fingerprint density at radius 1 is 1.00 bits per heavy atom. The van der Waals surface area contributed by atoms with Crippen LogP contribution in [0, 0.1) is 0 Å². The summed E-state index contributed by atoms with van der Waals surface area (Å²) < 4.78 is 2.22. The predicted molar refractivity (Wildman–Crippen MR) is 128 cm³/mol. The Morgan fingerprint density at radius 3 is 2.59 bits per heavy atom. The molecule has 0 unspecified atom stereocenters. The van der Waals surface area contributed by atoms with Gasteiger partial charge in [0.1, 0.15) is 10.8 Å². The second-order valence-electron chi connectivity index (χ2n) is 7.86. The van der Waals surface area contributed by atoms with Crippen molar-refractivity contribution in [3.63, 3.8) is 0 Å². The number of fused-ring (bicyclic) bond motifs is 1. The van der Waals surface area contributed by atoms with E-state index < -0.39 is 0 Å². The van der Waals surface area contributed by atoms with Crippen LogP contribution in [0.3, 0.4) is 0 Å². The van der Waals surface area contributed by atoms with Crippen LogP contribution in [0.2, 0.25) is 5.02 Å². The first kappa shape index (κ1) is 20.8. The van der Waals surface area contributed by atoms with Gasteiger partial charge in [-0.15, -0.1) is 21.5 Å². The van der Waals surface area contributed by atoms with Crippen LogP contribution in [0.4, 0.5) is 5.69 Å². The number of benzene rings is 2. The highest BCUT2D eigenvalue weighted by Crippen LogP contribution is 2.26. The molecule has 2 aromatic carbocycles. The lowest BCUT2D eigenvalue weighted by Gasteiger charge is -2.08. The van der Waals surface area contributed by atoms with Gasteiger partial charge < -0.3 is 9.88 Å². The maximum absolute atomic E-state index is 12.5. The molecule has 0 bridgehead atoms. The summed E-state index contributed by atoms with van der Waals surface area (Å²) in [6.07, 6.45) is 4.76. The lowest BCUT2D eigenvalue weighted by Crippen LogP contribution is -2.14. The molecule has 6 nitrogen and oxygen atoms in total. The zero-order valence-corrected chi connectivity index (χ0v) is 19.0. The van der Waals surface area contributed by atoms with Gasteiger partial charge in [-0.05, 0) is 49.2 Å². The molecular weight excluding hydrogens is 442 g/mol. The minimum atomic E-state index is -0.0953. The molecule has 8 heteroatoms. The third-order valence-electron chi connectivity index (χ3n) is 5.52. The summed E-state index contributed by atoms with van der Waals surface area (Å²) in [5, 5.41) is 15.2. The summed E-state index contributed by atoms with van der Waals surface area (Å²) in [6.45, 7) is 0.960. The molecule has 0 aliphatic carbocycles. The van der Waals surface area contributed by atoms with Gasteiger partial charge in [0.2, 0.25) is 5.91 Å². The smallest absolute Gasteiger partial charge is 0.230 e. The molecule has 1 N–H and O–H groups in total. The summed E-state index contributed by atoms with van der Waals surface area (Å²) in [7, 11) is 0. The Labute approximate surface area is 195 Å². The first-order valence-electron chi connectivity index (χ1n) is 10.7. The highest BCUT2D eigenvalue weighted by atomic mass is 35.5. The Kier molecular flexibility index (Phi) is 6.01.